The highest BCUT2D eigenvalue weighted by Crippen LogP contribution is 2.38. The molecule has 1 amide bonds. The zero-order chi connectivity index (χ0) is 19.1. The third kappa shape index (κ3) is 3.50. The van der Waals surface area contributed by atoms with Crippen LogP contribution in [0.4, 0.5) is 13.2 Å². The summed E-state index contributed by atoms with van der Waals surface area (Å²) >= 11 is 5.87. The topological polar surface area (TPSA) is 88.3 Å². The van der Waals surface area contributed by atoms with Gasteiger partial charge in [-0.2, -0.15) is 13.2 Å². The van der Waals surface area contributed by atoms with Gasteiger partial charge in [0.15, 0.2) is 5.69 Å². The molecule has 138 valence electrons. The number of hydrogen-bond acceptors (Lipinski definition) is 4. The summed E-state index contributed by atoms with van der Waals surface area (Å²) in [6.07, 6.45) is -3.46. The number of carbonyl (C=O) groups is 2. The van der Waals surface area contributed by atoms with Crippen molar-refractivity contribution >= 4 is 23.5 Å². The number of hydrogen-bond donors (Lipinski definition) is 1. The van der Waals surface area contributed by atoms with Crippen LogP contribution < -0.4 is 0 Å². The Morgan fingerprint density at radius 2 is 2.00 bits per heavy atom. The number of likely N-dealkylation sites (tertiary alicyclic amines) is 1. The van der Waals surface area contributed by atoms with Crippen molar-refractivity contribution < 1.29 is 27.9 Å². The number of carboxylic acids is 1. The van der Waals surface area contributed by atoms with E-state index >= 15 is 0 Å². The van der Waals surface area contributed by atoms with Crippen LogP contribution in [0.25, 0.3) is 5.69 Å². The van der Waals surface area contributed by atoms with E-state index in [0.29, 0.717) is 10.7 Å². The predicted octanol–water partition coefficient (Wildman–Crippen LogP) is 2.26. The number of aromatic nitrogens is 3. The largest absolute Gasteiger partial charge is 0.481 e. The summed E-state index contributed by atoms with van der Waals surface area (Å²) in [7, 11) is 0. The molecule has 0 spiro atoms. The van der Waals surface area contributed by atoms with Crippen molar-refractivity contribution in [3.8, 4) is 5.69 Å². The number of carbonyl (C=O) groups excluding carboxylic acids is 1. The maximum absolute atomic E-state index is 13.0. The van der Waals surface area contributed by atoms with Crippen LogP contribution in [0.2, 0.25) is 5.02 Å². The first-order valence-electron chi connectivity index (χ1n) is 7.44. The third-order valence-electron chi connectivity index (χ3n) is 4.13. The summed E-state index contributed by atoms with van der Waals surface area (Å²) in [5.74, 6) is -6.23. The molecule has 2 aromatic rings. The predicted molar refractivity (Wildman–Crippen MR) is 82.9 cm³/mol. The van der Waals surface area contributed by atoms with E-state index in [1.807, 2.05) is 0 Å². The second-order valence-corrected chi connectivity index (χ2v) is 6.27. The molecule has 1 fully saturated rings. The van der Waals surface area contributed by atoms with E-state index in [1.54, 1.807) is 24.3 Å². The minimum absolute atomic E-state index is 0.183. The summed E-state index contributed by atoms with van der Waals surface area (Å²) in [6.45, 7) is -1.27. The van der Waals surface area contributed by atoms with Gasteiger partial charge in [-0.3, -0.25) is 9.59 Å². The van der Waals surface area contributed by atoms with Crippen molar-refractivity contribution in [2.24, 2.45) is 11.8 Å². The summed E-state index contributed by atoms with van der Waals surface area (Å²) in [4.78, 5) is 24.4. The van der Waals surface area contributed by atoms with Gasteiger partial charge in [-0.15, -0.1) is 5.10 Å². The molecule has 1 aliphatic rings. The molecule has 1 N–H and O–H groups in total. The van der Waals surface area contributed by atoms with Crippen molar-refractivity contribution in [3.63, 3.8) is 0 Å². The third-order valence-corrected chi connectivity index (χ3v) is 4.37. The fraction of sp³-hybridized carbons (Fsp3) is 0.333. The average Bonchev–Trinajstić information content (AvgIpc) is 3.21. The smallest absolute Gasteiger partial charge is 0.394 e. The second kappa shape index (κ2) is 6.60. The van der Waals surface area contributed by atoms with Crippen molar-refractivity contribution in [3.05, 3.63) is 41.2 Å². The number of amides is 1. The van der Waals surface area contributed by atoms with Crippen LogP contribution in [0.3, 0.4) is 0 Å². The van der Waals surface area contributed by atoms with Gasteiger partial charge in [-0.25, -0.2) is 4.68 Å². The molecule has 0 saturated carbocycles. The zero-order valence-electron chi connectivity index (χ0n) is 13.0. The fourth-order valence-corrected chi connectivity index (χ4v) is 3.00. The SMILES string of the molecule is O=C(O)[C@@H]1CN(C(=O)c2cn(-c3cccc(Cl)c3)nn2)C[C@H]1C(F)(F)F. The van der Waals surface area contributed by atoms with Crippen molar-refractivity contribution in [1.82, 2.24) is 19.9 Å². The Labute approximate surface area is 150 Å². The summed E-state index contributed by atoms with van der Waals surface area (Å²) in [5, 5.41) is 16.9. The van der Waals surface area contributed by atoms with Gasteiger partial charge in [0, 0.05) is 18.1 Å². The number of halogens is 4. The van der Waals surface area contributed by atoms with E-state index in [4.69, 9.17) is 16.7 Å². The quantitative estimate of drug-likeness (QED) is 0.871. The molecular weight excluding hydrogens is 377 g/mol. The first kappa shape index (κ1) is 18.2. The van der Waals surface area contributed by atoms with E-state index in [-0.39, 0.29) is 5.69 Å². The number of alkyl halides is 3. The van der Waals surface area contributed by atoms with Gasteiger partial charge in [-0.05, 0) is 18.2 Å². The lowest BCUT2D eigenvalue weighted by atomic mass is 9.96. The molecule has 3 rings (SSSR count). The van der Waals surface area contributed by atoms with E-state index in [2.05, 4.69) is 10.3 Å². The summed E-state index contributed by atoms with van der Waals surface area (Å²) in [6, 6.07) is 6.53. The van der Waals surface area contributed by atoms with Crippen LogP contribution >= 0.6 is 11.6 Å². The van der Waals surface area contributed by atoms with Crippen LogP contribution in [0.1, 0.15) is 10.5 Å². The van der Waals surface area contributed by atoms with E-state index in [1.165, 1.54) is 10.9 Å². The number of carboxylic acid groups (broad SMARTS) is 1. The number of nitrogens with zero attached hydrogens (tertiary/aromatic N) is 4. The Morgan fingerprint density at radius 1 is 1.27 bits per heavy atom. The molecule has 1 aromatic heterocycles. The molecule has 0 bridgehead atoms. The lowest BCUT2D eigenvalue weighted by Crippen LogP contribution is -2.34. The normalized spacial score (nSPS) is 20.4. The lowest BCUT2D eigenvalue weighted by Gasteiger charge is -2.17. The molecular formula is C15H12ClF3N4O3. The van der Waals surface area contributed by atoms with Crippen LogP contribution in [0.5, 0.6) is 0 Å². The molecule has 1 aliphatic heterocycles. The van der Waals surface area contributed by atoms with Crippen molar-refractivity contribution in [2.45, 2.75) is 6.18 Å². The highest BCUT2D eigenvalue weighted by molar-refractivity contribution is 6.30. The molecule has 7 nitrogen and oxygen atoms in total. The molecule has 1 aromatic carbocycles. The van der Waals surface area contributed by atoms with Gasteiger partial charge in [0.05, 0.1) is 23.7 Å². The lowest BCUT2D eigenvalue weighted by molar-refractivity contribution is -0.187. The summed E-state index contributed by atoms with van der Waals surface area (Å²) < 4.78 is 40.3. The van der Waals surface area contributed by atoms with Crippen LogP contribution in [-0.4, -0.2) is 56.1 Å². The van der Waals surface area contributed by atoms with Crippen molar-refractivity contribution in [1.29, 1.82) is 0 Å². The Kier molecular flexibility index (Phi) is 4.61. The Balaban J connectivity index is 1.81. The number of benzene rings is 1. The van der Waals surface area contributed by atoms with E-state index in [9.17, 15) is 22.8 Å². The van der Waals surface area contributed by atoms with Gasteiger partial charge in [0.1, 0.15) is 0 Å². The first-order valence-corrected chi connectivity index (χ1v) is 7.81. The molecule has 2 atom stereocenters. The molecule has 0 unspecified atom stereocenters. The minimum atomic E-state index is -4.71. The Morgan fingerprint density at radius 3 is 2.58 bits per heavy atom. The molecule has 1 saturated heterocycles. The standard InChI is InChI=1S/C15H12ClF3N4O3/c16-8-2-1-3-9(4-8)23-7-12(20-21-23)13(24)22-5-10(14(25)26)11(6-22)15(17,18)19/h1-4,7,10-11H,5-6H2,(H,25,26)/t10-,11-/m1/s1. The van der Waals surface area contributed by atoms with Crippen LogP contribution in [0, 0.1) is 11.8 Å². The van der Waals surface area contributed by atoms with E-state index in [0.717, 1.165) is 4.90 Å². The highest BCUT2D eigenvalue weighted by atomic mass is 35.5. The molecule has 26 heavy (non-hydrogen) atoms. The monoisotopic (exact) mass is 388 g/mol. The fourth-order valence-electron chi connectivity index (χ4n) is 2.82. The Hall–Kier alpha value is -2.62. The summed E-state index contributed by atoms with van der Waals surface area (Å²) in [5.41, 5.74) is 0.332. The van der Waals surface area contributed by atoms with E-state index < -0.39 is 43.0 Å². The molecule has 11 heteroatoms. The van der Waals surface area contributed by atoms with Gasteiger partial charge in [-0.1, -0.05) is 22.9 Å². The molecule has 0 aliphatic carbocycles. The highest BCUT2D eigenvalue weighted by Gasteiger charge is 2.53. The Bertz CT molecular complexity index is 855. The maximum atomic E-state index is 13.0. The zero-order valence-corrected chi connectivity index (χ0v) is 13.8. The van der Waals surface area contributed by atoms with Crippen molar-refractivity contribution in [2.75, 3.05) is 13.1 Å². The number of aliphatic carboxylic acids is 1. The number of rotatable bonds is 3. The average molecular weight is 389 g/mol. The van der Waals surface area contributed by atoms with Gasteiger partial charge in [0.25, 0.3) is 5.91 Å². The van der Waals surface area contributed by atoms with Crippen LogP contribution in [-0.2, 0) is 4.79 Å². The molecule has 2 heterocycles. The van der Waals surface area contributed by atoms with Crippen LogP contribution in [0.15, 0.2) is 30.5 Å². The second-order valence-electron chi connectivity index (χ2n) is 5.83. The van der Waals surface area contributed by atoms with Gasteiger partial charge in [0.2, 0.25) is 0 Å². The molecule has 0 radical (unpaired) electrons. The van der Waals surface area contributed by atoms with Gasteiger partial charge < -0.3 is 10.0 Å². The van der Waals surface area contributed by atoms with Gasteiger partial charge >= 0.3 is 12.1 Å². The minimum Gasteiger partial charge on any atom is -0.481 e. The first-order chi connectivity index (χ1) is 12.2. The maximum Gasteiger partial charge on any atom is 0.394 e.